The average Bonchev–Trinajstić information content (AvgIpc) is 2.88. The smallest absolute Gasteiger partial charge is 0.270 e. The van der Waals surface area contributed by atoms with E-state index < -0.39 is 18.9 Å². The van der Waals surface area contributed by atoms with Crippen LogP contribution in [0.1, 0.15) is 23.8 Å². The van der Waals surface area contributed by atoms with Gasteiger partial charge in [0.1, 0.15) is 5.69 Å². The first-order chi connectivity index (χ1) is 10.5. The Balaban J connectivity index is 1.92. The summed E-state index contributed by atoms with van der Waals surface area (Å²) in [5.74, 6) is -0.365. The van der Waals surface area contributed by atoms with Gasteiger partial charge in [0.25, 0.3) is 12.3 Å². The Morgan fingerprint density at radius 1 is 1.45 bits per heavy atom. The summed E-state index contributed by atoms with van der Waals surface area (Å²) in [5.41, 5.74) is 0.836. The summed E-state index contributed by atoms with van der Waals surface area (Å²) in [6.45, 7) is 2.33. The van der Waals surface area contributed by atoms with Crippen molar-refractivity contribution in [3.05, 3.63) is 17.8 Å². The van der Waals surface area contributed by atoms with Crippen molar-refractivity contribution >= 4 is 23.3 Å². The Morgan fingerprint density at radius 3 is 2.91 bits per heavy atom. The van der Waals surface area contributed by atoms with E-state index in [1.54, 1.807) is 11.0 Å². The van der Waals surface area contributed by atoms with E-state index in [2.05, 4.69) is 15.2 Å². The van der Waals surface area contributed by atoms with Crippen LogP contribution >= 0.6 is 0 Å². The highest BCUT2D eigenvalue weighted by Crippen LogP contribution is 2.38. The number of hydrogen-bond acceptors (Lipinski definition) is 4. The van der Waals surface area contributed by atoms with E-state index in [-0.39, 0.29) is 17.6 Å². The fourth-order valence-electron chi connectivity index (χ4n) is 3.00. The maximum atomic E-state index is 12.2. The highest BCUT2D eigenvalue weighted by Gasteiger charge is 2.39. The molecule has 22 heavy (non-hydrogen) atoms. The van der Waals surface area contributed by atoms with Crippen LogP contribution in [0.2, 0.25) is 0 Å². The molecule has 2 bridgehead atoms. The Kier molecular flexibility index (Phi) is 3.67. The van der Waals surface area contributed by atoms with Crippen molar-refractivity contribution in [2.45, 2.75) is 25.8 Å². The van der Waals surface area contributed by atoms with Crippen LogP contribution in [0.5, 0.6) is 0 Å². The maximum absolute atomic E-state index is 12.2. The number of hydrogen-bond donors (Lipinski definition) is 1. The molecule has 0 spiro atoms. The molecule has 1 N–H and O–H groups in total. The third-order valence-electron chi connectivity index (χ3n) is 3.94. The van der Waals surface area contributed by atoms with Gasteiger partial charge in [-0.05, 0) is 18.6 Å². The highest BCUT2D eigenvalue weighted by atomic mass is 19.3. The number of carbonyl (C=O) groups is 2. The number of nitrogens with one attached hydrogen (secondary N) is 1. The second-order valence-electron chi connectivity index (χ2n) is 5.42. The van der Waals surface area contributed by atoms with Crippen molar-refractivity contribution in [1.29, 1.82) is 0 Å². The molecule has 0 aliphatic carbocycles. The molecule has 1 atom stereocenters. The molecule has 0 saturated carbocycles. The molecule has 2 aliphatic rings. The van der Waals surface area contributed by atoms with Gasteiger partial charge in [-0.3, -0.25) is 14.5 Å². The molecule has 1 aromatic heterocycles. The van der Waals surface area contributed by atoms with Gasteiger partial charge < -0.3 is 10.2 Å². The number of fused-ring (bicyclic) bond motifs is 4. The van der Waals surface area contributed by atoms with Crippen LogP contribution in [0.25, 0.3) is 0 Å². The molecular weight excluding hydrogens is 294 g/mol. The van der Waals surface area contributed by atoms with Crippen molar-refractivity contribution < 1.29 is 18.4 Å². The van der Waals surface area contributed by atoms with Gasteiger partial charge in [0.05, 0.1) is 18.3 Å². The number of aromatic nitrogens is 1. The fraction of sp³-hybridized carbons (Fsp3) is 0.500. The van der Waals surface area contributed by atoms with Gasteiger partial charge in [-0.25, -0.2) is 13.8 Å². The summed E-state index contributed by atoms with van der Waals surface area (Å²) in [4.78, 5) is 31.7. The molecule has 118 valence electrons. The van der Waals surface area contributed by atoms with E-state index in [0.29, 0.717) is 5.82 Å². The number of halogens is 2. The zero-order valence-electron chi connectivity index (χ0n) is 12.1. The lowest BCUT2D eigenvalue weighted by Gasteiger charge is -2.35. The number of anilines is 2. The molecule has 2 amide bonds. The topological polar surface area (TPSA) is 65.5 Å². The second-order valence-corrected chi connectivity index (χ2v) is 5.42. The third kappa shape index (κ3) is 2.49. The number of pyridine rings is 1. The van der Waals surface area contributed by atoms with Crippen LogP contribution in [-0.2, 0) is 4.79 Å². The SMILES string of the molecule is CC(=O)N1c2nc(C(=O)NCC(F)F)ccc2N2CC[C@H]1C2. The zero-order valence-corrected chi connectivity index (χ0v) is 12.1. The van der Waals surface area contributed by atoms with Crippen molar-refractivity contribution in [1.82, 2.24) is 10.3 Å². The number of alkyl halides is 2. The van der Waals surface area contributed by atoms with Crippen molar-refractivity contribution in [2.75, 3.05) is 29.4 Å². The van der Waals surface area contributed by atoms with E-state index in [0.717, 1.165) is 25.2 Å². The first kappa shape index (κ1) is 14.7. The minimum Gasteiger partial charge on any atom is -0.366 e. The number of nitrogens with zero attached hydrogens (tertiary/aromatic N) is 3. The summed E-state index contributed by atoms with van der Waals surface area (Å²) in [6.07, 6.45) is -1.76. The number of amides is 2. The monoisotopic (exact) mass is 310 g/mol. The summed E-state index contributed by atoms with van der Waals surface area (Å²) < 4.78 is 24.3. The molecule has 0 unspecified atom stereocenters. The summed E-state index contributed by atoms with van der Waals surface area (Å²) in [5, 5.41) is 2.12. The Labute approximate surface area is 126 Å². The minimum atomic E-state index is -2.61. The van der Waals surface area contributed by atoms with Gasteiger partial charge >= 0.3 is 0 Å². The Morgan fingerprint density at radius 2 is 2.23 bits per heavy atom. The van der Waals surface area contributed by atoms with E-state index in [9.17, 15) is 18.4 Å². The minimum absolute atomic E-state index is 0.0353. The van der Waals surface area contributed by atoms with Crippen LogP contribution in [0, 0.1) is 0 Å². The molecule has 3 rings (SSSR count). The normalized spacial score (nSPS) is 19.4. The average molecular weight is 310 g/mol. The van der Waals surface area contributed by atoms with E-state index in [1.807, 2.05) is 0 Å². The first-order valence-electron chi connectivity index (χ1n) is 7.09. The van der Waals surface area contributed by atoms with Crippen molar-refractivity contribution in [3.8, 4) is 0 Å². The maximum Gasteiger partial charge on any atom is 0.270 e. The Hall–Kier alpha value is -2.25. The Bertz CT molecular complexity index is 623. The predicted molar refractivity (Wildman–Crippen MR) is 76.4 cm³/mol. The molecule has 3 heterocycles. The number of carbonyl (C=O) groups excluding carboxylic acids is 2. The molecular formula is C14H16F2N4O2. The summed E-state index contributed by atoms with van der Waals surface area (Å²) in [6, 6.07) is 3.27. The molecule has 2 aliphatic heterocycles. The molecule has 6 nitrogen and oxygen atoms in total. The van der Waals surface area contributed by atoms with Gasteiger partial charge in [-0.1, -0.05) is 0 Å². The van der Waals surface area contributed by atoms with Crippen molar-refractivity contribution in [3.63, 3.8) is 0 Å². The van der Waals surface area contributed by atoms with E-state index >= 15 is 0 Å². The molecule has 8 heteroatoms. The van der Waals surface area contributed by atoms with Crippen LogP contribution in [0.3, 0.4) is 0 Å². The van der Waals surface area contributed by atoms with E-state index in [1.165, 1.54) is 13.0 Å². The highest BCUT2D eigenvalue weighted by molar-refractivity contribution is 5.98. The standard InChI is InChI=1S/C14H16F2N4O2/c1-8(21)20-9-4-5-19(7-9)11-3-2-10(18-13(11)20)14(22)17-6-12(15)16/h2-3,9,12H,4-7H2,1H3,(H,17,22)/t9-/m0/s1. The van der Waals surface area contributed by atoms with Crippen LogP contribution in [0.4, 0.5) is 20.3 Å². The van der Waals surface area contributed by atoms with Crippen molar-refractivity contribution in [2.24, 2.45) is 0 Å². The quantitative estimate of drug-likeness (QED) is 0.905. The fourth-order valence-corrected chi connectivity index (χ4v) is 3.00. The third-order valence-corrected chi connectivity index (χ3v) is 3.94. The predicted octanol–water partition coefficient (Wildman–Crippen LogP) is 1.02. The first-order valence-corrected chi connectivity index (χ1v) is 7.09. The largest absolute Gasteiger partial charge is 0.366 e. The van der Waals surface area contributed by atoms with Gasteiger partial charge in [-0.15, -0.1) is 0 Å². The van der Waals surface area contributed by atoms with Gasteiger partial charge in [0.2, 0.25) is 5.91 Å². The molecule has 0 aromatic carbocycles. The molecule has 1 saturated heterocycles. The van der Waals surface area contributed by atoms with Crippen LogP contribution < -0.4 is 15.1 Å². The lowest BCUT2D eigenvalue weighted by Crippen LogP contribution is -2.45. The van der Waals surface area contributed by atoms with E-state index in [4.69, 9.17) is 0 Å². The van der Waals surface area contributed by atoms with Gasteiger partial charge in [-0.2, -0.15) is 0 Å². The lowest BCUT2D eigenvalue weighted by atomic mass is 10.1. The molecule has 1 fully saturated rings. The number of rotatable bonds is 3. The molecule has 0 radical (unpaired) electrons. The van der Waals surface area contributed by atoms with Crippen LogP contribution in [-0.4, -0.2) is 48.9 Å². The van der Waals surface area contributed by atoms with Gasteiger partial charge in [0.15, 0.2) is 5.82 Å². The molecule has 1 aromatic rings. The van der Waals surface area contributed by atoms with Crippen LogP contribution in [0.15, 0.2) is 12.1 Å². The van der Waals surface area contributed by atoms with Gasteiger partial charge in [0, 0.05) is 20.0 Å². The summed E-state index contributed by atoms with van der Waals surface area (Å²) in [7, 11) is 0. The summed E-state index contributed by atoms with van der Waals surface area (Å²) >= 11 is 0. The zero-order chi connectivity index (χ0) is 15.9. The lowest BCUT2D eigenvalue weighted by molar-refractivity contribution is -0.117. The second kappa shape index (κ2) is 5.51.